The van der Waals surface area contributed by atoms with Gasteiger partial charge in [0.15, 0.2) is 0 Å². The molecule has 2 aromatic heterocycles. The van der Waals surface area contributed by atoms with E-state index in [0.717, 1.165) is 54.2 Å². The van der Waals surface area contributed by atoms with Gasteiger partial charge in [-0.15, -0.1) is 0 Å². The zero-order valence-electron chi connectivity index (χ0n) is 19.8. The van der Waals surface area contributed by atoms with Crippen LogP contribution in [0.15, 0.2) is 64.8 Å². The second kappa shape index (κ2) is 8.48. The SMILES string of the molecule is C=C(C)N1CCC(Cn2c(C(C)(C)C)nc3cc(S(=O)(=O)c4cc[n+](O)cc4)ccc32)CC1. The molecule has 176 valence electrons. The summed E-state index contributed by atoms with van der Waals surface area (Å²) in [5.41, 5.74) is 2.60. The minimum atomic E-state index is -3.72. The van der Waals surface area contributed by atoms with Gasteiger partial charge in [-0.1, -0.05) is 27.4 Å². The Hall–Kier alpha value is -2.87. The normalized spacial score (nSPS) is 15.8. The number of imidazole rings is 1. The van der Waals surface area contributed by atoms with Crippen LogP contribution in [0.2, 0.25) is 0 Å². The van der Waals surface area contributed by atoms with Gasteiger partial charge in [0, 0.05) is 47.6 Å². The molecule has 0 bridgehead atoms. The highest BCUT2D eigenvalue weighted by Crippen LogP contribution is 2.32. The lowest BCUT2D eigenvalue weighted by atomic mass is 9.93. The van der Waals surface area contributed by atoms with Crippen LogP contribution in [-0.2, 0) is 21.8 Å². The van der Waals surface area contributed by atoms with Crippen molar-refractivity contribution in [2.45, 2.75) is 62.3 Å². The van der Waals surface area contributed by atoms with Gasteiger partial charge in [-0.25, -0.2) is 13.4 Å². The van der Waals surface area contributed by atoms with Crippen molar-refractivity contribution in [2.75, 3.05) is 13.1 Å². The first-order valence-electron chi connectivity index (χ1n) is 11.3. The molecule has 4 rings (SSSR count). The molecule has 7 nitrogen and oxygen atoms in total. The molecular weight excluding hydrogens is 436 g/mol. The van der Waals surface area contributed by atoms with Crippen LogP contribution < -0.4 is 4.73 Å². The number of likely N-dealkylation sites (tertiary alicyclic amines) is 1. The van der Waals surface area contributed by atoms with E-state index in [4.69, 9.17) is 4.98 Å². The molecule has 0 saturated carbocycles. The average molecular weight is 470 g/mol. The summed E-state index contributed by atoms with van der Waals surface area (Å²) in [6.45, 7) is 15.5. The van der Waals surface area contributed by atoms with E-state index < -0.39 is 9.84 Å². The largest absolute Gasteiger partial charge is 0.376 e. The van der Waals surface area contributed by atoms with E-state index in [0.29, 0.717) is 11.4 Å². The number of fused-ring (bicyclic) bond motifs is 1. The summed E-state index contributed by atoms with van der Waals surface area (Å²) in [5.74, 6) is 1.51. The zero-order chi connectivity index (χ0) is 24.0. The van der Waals surface area contributed by atoms with E-state index in [1.807, 2.05) is 6.07 Å². The summed E-state index contributed by atoms with van der Waals surface area (Å²) < 4.78 is 29.4. The third-order valence-electron chi connectivity index (χ3n) is 6.39. The number of rotatable bonds is 5. The van der Waals surface area contributed by atoms with Gasteiger partial charge in [0.2, 0.25) is 22.2 Å². The first-order valence-corrected chi connectivity index (χ1v) is 12.8. The summed E-state index contributed by atoms with van der Waals surface area (Å²) >= 11 is 0. The third kappa shape index (κ3) is 4.62. The molecule has 0 spiro atoms. The van der Waals surface area contributed by atoms with Crippen molar-refractivity contribution >= 4 is 20.9 Å². The van der Waals surface area contributed by atoms with Crippen molar-refractivity contribution < 1.29 is 18.4 Å². The van der Waals surface area contributed by atoms with Crippen molar-refractivity contribution in [3.8, 4) is 0 Å². The molecule has 1 N–H and O–H groups in total. The standard InChI is InChI=1S/C25H33N4O3S/c1-18(2)27-12-8-19(9-13-27)17-29-23-7-6-21(16-22(23)26-24(29)25(3,4)5)33(31,32)20-10-14-28(30)15-11-20/h6-7,10-11,14-16,19,30H,1,8-9,12-13,17H2,2-5H3/q+1. The van der Waals surface area contributed by atoms with Gasteiger partial charge in [0.25, 0.3) is 0 Å². The van der Waals surface area contributed by atoms with E-state index in [-0.39, 0.29) is 15.2 Å². The number of allylic oxidation sites excluding steroid dienone is 1. The summed E-state index contributed by atoms with van der Waals surface area (Å²) in [7, 11) is -3.72. The Kier molecular flexibility index (Phi) is 5.99. The molecule has 1 aromatic carbocycles. The summed E-state index contributed by atoms with van der Waals surface area (Å²) in [4.78, 5) is 7.57. The van der Waals surface area contributed by atoms with Crippen molar-refractivity contribution in [3.05, 3.63) is 60.8 Å². The predicted octanol–water partition coefficient (Wildman–Crippen LogP) is 3.94. The maximum Gasteiger partial charge on any atom is 0.223 e. The van der Waals surface area contributed by atoms with Crippen LogP contribution in [0.5, 0.6) is 0 Å². The number of hydrogen-bond acceptors (Lipinski definition) is 5. The highest BCUT2D eigenvalue weighted by molar-refractivity contribution is 7.91. The summed E-state index contributed by atoms with van der Waals surface area (Å²) in [5, 5.41) is 9.42. The molecule has 1 aliphatic heterocycles. The molecule has 0 atom stereocenters. The Bertz CT molecular complexity index is 1280. The van der Waals surface area contributed by atoms with Crippen LogP contribution >= 0.6 is 0 Å². The highest BCUT2D eigenvalue weighted by atomic mass is 32.2. The highest BCUT2D eigenvalue weighted by Gasteiger charge is 2.28. The smallest absolute Gasteiger partial charge is 0.223 e. The van der Waals surface area contributed by atoms with Crippen LogP contribution in [0.1, 0.15) is 46.4 Å². The lowest BCUT2D eigenvalue weighted by molar-refractivity contribution is -0.905. The number of pyridine rings is 1. The monoisotopic (exact) mass is 469 g/mol. The molecule has 1 aliphatic rings. The van der Waals surface area contributed by atoms with E-state index >= 15 is 0 Å². The number of sulfone groups is 1. The predicted molar refractivity (Wildman–Crippen MR) is 127 cm³/mol. The maximum absolute atomic E-state index is 13.1. The second-order valence-electron chi connectivity index (χ2n) is 10.0. The summed E-state index contributed by atoms with van der Waals surface area (Å²) in [6.07, 6.45) is 4.80. The second-order valence-corrected chi connectivity index (χ2v) is 12.0. The van der Waals surface area contributed by atoms with E-state index in [1.54, 1.807) is 12.1 Å². The first-order chi connectivity index (χ1) is 15.5. The molecule has 8 heteroatoms. The third-order valence-corrected chi connectivity index (χ3v) is 8.16. The molecule has 1 fully saturated rings. The fraction of sp³-hybridized carbons (Fsp3) is 0.440. The van der Waals surface area contributed by atoms with Gasteiger partial charge in [-0.3, -0.25) is 5.21 Å². The van der Waals surface area contributed by atoms with Gasteiger partial charge in [0.05, 0.1) is 20.8 Å². The quantitative estimate of drug-likeness (QED) is 0.452. The van der Waals surface area contributed by atoms with Gasteiger partial charge in [-0.2, -0.15) is 0 Å². The number of benzene rings is 1. The number of nitrogens with zero attached hydrogens (tertiary/aromatic N) is 4. The van der Waals surface area contributed by atoms with Crippen molar-refractivity contribution in [2.24, 2.45) is 5.92 Å². The van der Waals surface area contributed by atoms with Gasteiger partial charge in [0.1, 0.15) is 5.82 Å². The number of hydrogen-bond donors (Lipinski definition) is 1. The van der Waals surface area contributed by atoms with Gasteiger partial charge >= 0.3 is 0 Å². The van der Waals surface area contributed by atoms with E-state index in [9.17, 15) is 13.6 Å². The molecular formula is C25H33N4O3S+. The topological polar surface area (TPSA) is 79.3 Å². The molecule has 0 unspecified atom stereocenters. The average Bonchev–Trinajstić information content (AvgIpc) is 3.12. The van der Waals surface area contributed by atoms with Crippen molar-refractivity contribution in [3.63, 3.8) is 0 Å². The van der Waals surface area contributed by atoms with Crippen molar-refractivity contribution in [1.29, 1.82) is 0 Å². The van der Waals surface area contributed by atoms with E-state index in [2.05, 4.69) is 43.7 Å². The number of aromatic nitrogens is 3. The first kappa shape index (κ1) is 23.3. The van der Waals surface area contributed by atoms with Crippen LogP contribution in [0.25, 0.3) is 11.0 Å². The lowest BCUT2D eigenvalue weighted by Gasteiger charge is -2.34. The molecule has 33 heavy (non-hydrogen) atoms. The number of piperidine rings is 1. The van der Waals surface area contributed by atoms with Crippen molar-refractivity contribution in [1.82, 2.24) is 14.5 Å². The Labute approximate surface area is 195 Å². The van der Waals surface area contributed by atoms with Gasteiger partial charge in [-0.05, 0) is 43.9 Å². The minimum absolute atomic E-state index is 0.131. The molecule has 0 aliphatic carbocycles. The minimum Gasteiger partial charge on any atom is -0.376 e. The zero-order valence-corrected chi connectivity index (χ0v) is 20.6. The van der Waals surface area contributed by atoms with Crippen LogP contribution in [0, 0.1) is 5.92 Å². The fourth-order valence-electron chi connectivity index (χ4n) is 4.51. The summed E-state index contributed by atoms with van der Waals surface area (Å²) in [6, 6.07) is 7.97. The van der Waals surface area contributed by atoms with Gasteiger partial charge < -0.3 is 9.47 Å². The Morgan fingerprint density at radius 2 is 1.79 bits per heavy atom. The molecule has 0 amide bonds. The van der Waals surface area contributed by atoms with E-state index in [1.165, 1.54) is 24.5 Å². The van der Waals surface area contributed by atoms with Crippen LogP contribution in [0.4, 0.5) is 0 Å². The maximum atomic E-state index is 13.1. The Balaban J connectivity index is 1.70. The molecule has 0 radical (unpaired) electrons. The lowest BCUT2D eigenvalue weighted by Crippen LogP contribution is -2.34. The Morgan fingerprint density at radius 1 is 1.15 bits per heavy atom. The molecule has 3 aromatic rings. The van der Waals surface area contributed by atoms with Crippen LogP contribution in [-0.4, -0.2) is 41.2 Å². The Morgan fingerprint density at radius 3 is 2.36 bits per heavy atom. The fourth-order valence-corrected chi connectivity index (χ4v) is 5.78. The molecule has 1 saturated heterocycles. The molecule has 3 heterocycles. The van der Waals surface area contributed by atoms with Crippen LogP contribution in [0.3, 0.4) is 0 Å².